The van der Waals surface area contributed by atoms with Crippen LogP contribution in [0.1, 0.15) is 11.1 Å². The normalized spacial score (nSPS) is 9.58. The molecule has 0 radical (unpaired) electrons. The number of hydrogen-bond acceptors (Lipinski definition) is 2. The predicted octanol–water partition coefficient (Wildman–Crippen LogP) is 3.90. The highest BCUT2D eigenvalue weighted by atomic mass is 35.5. The molecule has 0 spiro atoms. The number of halogens is 2. The lowest BCUT2D eigenvalue weighted by atomic mass is 10.2. The monoisotopic (exact) mass is 291 g/mol. The predicted molar refractivity (Wildman–Crippen MR) is 77.6 cm³/mol. The van der Waals surface area contributed by atoms with Gasteiger partial charge >= 0.3 is 0 Å². The SMILES string of the molecule is ClCC#Cc1cncc(OCc2ccc(Cl)cc2)c1. The Morgan fingerprint density at radius 3 is 2.68 bits per heavy atom. The van der Waals surface area contributed by atoms with E-state index in [0.717, 1.165) is 11.1 Å². The van der Waals surface area contributed by atoms with E-state index in [1.807, 2.05) is 30.3 Å². The van der Waals surface area contributed by atoms with E-state index in [1.54, 1.807) is 12.4 Å². The van der Waals surface area contributed by atoms with Crippen molar-refractivity contribution in [1.29, 1.82) is 0 Å². The molecule has 0 aliphatic heterocycles. The molecule has 2 aromatic rings. The van der Waals surface area contributed by atoms with Crippen LogP contribution >= 0.6 is 23.2 Å². The lowest BCUT2D eigenvalue weighted by Crippen LogP contribution is -1.96. The molecule has 2 nitrogen and oxygen atoms in total. The van der Waals surface area contributed by atoms with Crippen LogP contribution in [0.15, 0.2) is 42.7 Å². The van der Waals surface area contributed by atoms with Crippen LogP contribution in [0.2, 0.25) is 5.02 Å². The smallest absolute Gasteiger partial charge is 0.139 e. The van der Waals surface area contributed by atoms with Crippen molar-refractivity contribution in [2.24, 2.45) is 0 Å². The first kappa shape index (κ1) is 13.7. The van der Waals surface area contributed by atoms with Gasteiger partial charge in [0.2, 0.25) is 0 Å². The van der Waals surface area contributed by atoms with Crippen LogP contribution in [0.5, 0.6) is 5.75 Å². The Kier molecular flexibility index (Phi) is 5.09. The fourth-order valence-electron chi connectivity index (χ4n) is 1.45. The van der Waals surface area contributed by atoms with Crippen LogP contribution in [0.4, 0.5) is 0 Å². The molecule has 0 saturated carbocycles. The first-order valence-electron chi connectivity index (χ1n) is 5.65. The summed E-state index contributed by atoms with van der Waals surface area (Å²) in [4.78, 5) is 4.07. The fourth-order valence-corrected chi connectivity index (χ4v) is 1.64. The molecular weight excluding hydrogens is 281 g/mol. The maximum absolute atomic E-state index is 5.82. The Balaban J connectivity index is 2.01. The second-order valence-corrected chi connectivity index (χ2v) is 4.46. The van der Waals surface area contributed by atoms with Gasteiger partial charge in [-0.25, -0.2) is 0 Å². The van der Waals surface area contributed by atoms with E-state index in [1.165, 1.54) is 0 Å². The lowest BCUT2D eigenvalue weighted by molar-refractivity contribution is 0.305. The number of ether oxygens (including phenoxy) is 1. The van der Waals surface area contributed by atoms with Crippen LogP contribution in [-0.4, -0.2) is 10.9 Å². The minimum absolute atomic E-state index is 0.301. The summed E-state index contributed by atoms with van der Waals surface area (Å²) in [6.07, 6.45) is 3.33. The molecule has 96 valence electrons. The van der Waals surface area contributed by atoms with Crippen LogP contribution in [-0.2, 0) is 6.61 Å². The zero-order valence-corrected chi connectivity index (χ0v) is 11.6. The molecule has 2 rings (SSSR count). The van der Waals surface area contributed by atoms with Gasteiger partial charge < -0.3 is 4.74 Å². The van der Waals surface area contributed by atoms with Gasteiger partial charge in [0.25, 0.3) is 0 Å². The van der Waals surface area contributed by atoms with Gasteiger partial charge in [-0.15, -0.1) is 11.6 Å². The zero-order valence-electron chi connectivity index (χ0n) is 10.1. The summed E-state index contributed by atoms with van der Waals surface area (Å²) < 4.78 is 5.65. The van der Waals surface area contributed by atoms with Gasteiger partial charge in [0.15, 0.2) is 0 Å². The van der Waals surface area contributed by atoms with Crippen molar-refractivity contribution in [2.75, 3.05) is 5.88 Å². The van der Waals surface area contributed by atoms with Gasteiger partial charge in [0, 0.05) is 16.8 Å². The number of benzene rings is 1. The Labute approximate surface area is 122 Å². The number of aromatic nitrogens is 1. The van der Waals surface area contributed by atoms with Crippen LogP contribution in [0, 0.1) is 11.8 Å². The lowest BCUT2D eigenvalue weighted by Gasteiger charge is -2.06. The first-order valence-corrected chi connectivity index (χ1v) is 6.56. The molecule has 1 aromatic heterocycles. The van der Waals surface area contributed by atoms with Crippen molar-refractivity contribution in [3.63, 3.8) is 0 Å². The molecular formula is C15H11Cl2NO. The number of nitrogens with zero attached hydrogens (tertiary/aromatic N) is 1. The molecule has 0 saturated heterocycles. The highest BCUT2D eigenvalue weighted by Gasteiger charge is 1.98. The maximum atomic E-state index is 5.82. The van der Waals surface area contributed by atoms with E-state index >= 15 is 0 Å². The van der Waals surface area contributed by atoms with Crippen molar-refractivity contribution in [2.45, 2.75) is 6.61 Å². The zero-order chi connectivity index (χ0) is 13.5. The van der Waals surface area contributed by atoms with Crippen LogP contribution < -0.4 is 4.74 Å². The first-order chi connectivity index (χ1) is 9.28. The topological polar surface area (TPSA) is 22.1 Å². The summed E-state index contributed by atoms with van der Waals surface area (Å²) in [7, 11) is 0. The maximum Gasteiger partial charge on any atom is 0.139 e. The third kappa shape index (κ3) is 4.48. The van der Waals surface area contributed by atoms with Gasteiger partial charge in [-0.1, -0.05) is 35.6 Å². The number of alkyl halides is 1. The van der Waals surface area contributed by atoms with Crippen molar-refractivity contribution >= 4 is 23.2 Å². The van der Waals surface area contributed by atoms with Crippen LogP contribution in [0.25, 0.3) is 0 Å². The van der Waals surface area contributed by atoms with Crippen molar-refractivity contribution in [1.82, 2.24) is 4.98 Å². The number of hydrogen-bond donors (Lipinski definition) is 0. The van der Waals surface area contributed by atoms with Gasteiger partial charge in [-0.05, 0) is 23.8 Å². The molecule has 0 N–H and O–H groups in total. The summed E-state index contributed by atoms with van der Waals surface area (Å²) >= 11 is 11.3. The largest absolute Gasteiger partial charge is 0.487 e. The Hall–Kier alpha value is -1.69. The average molecular weight is 292 g/mol. The van der Waals surface area contributed by atoms with Gasteiger partial charge in [-0.2, -0.15) is 0 Å². The highest BCUT2D eigenvalue weighted by molar-refractivity contribution is 6.30. The number of pyridine rings is 1. The minimum Gasteiger partial charge on any atom is -0.487 e. The Morgan fingerprint density at radius 2 is 1.95 bits per heavy atom. The molecule has 0 fully saturated rings. The molecule has 4 heteroatoms. The molecule has 0 bridgehead atoms. The molecule has 0 aliphatic carbocycles. The summed E-state index contributed by atoms with van der Waals surface area (Å²) in [5.74, 6) is 6.65. The second-order valence-electron chi connectivity index (χ2n) is 3.76. The van der Waals surface area contributed by atoms with Gasteiger partial charge in [-0.3, -0.25) is 4.98 Å². The summed E-state index contributed by atoms with van der Waals surface area (Å²) in [6, 6.07) is 9.35. The van der Waals surface area contributed by atoms with Gasteiger partial charge in [0.1, 0.15) is 12.4 Å². The van der Waals surface area contributed by atoms with Gasteiger partial charge in [0.05, 0.1) is 12.1 Å². The van der Waals surface area contributed by atoms with E-state index < -0.39 is 0 Å². The summed E-state index contributed by atoms with van der Waals surface area (Å²) in [5.41, 5.74) is 1.83. The number of rotatable bonds is 3. The minimum atomic E-state index is 0.301. The van der Waals surface area contributed by atoms with E-state index in [0.29, 0.717) is 23.3 Å². The fraction of sp³-hybridized carbons (Fsp3) is 0.133. The van der Waals surface area contributed by atoms with Crippen LogP contribution in [0.3, 0.4) is 0 Å². The van der Waals surface area contributed by atoms with Crippen molar-refractivity contribution < 1.29 is 4.74 Å². The molecule has 0 unspecified atom stereocenters. The summed E-state index contributed by atoms with van der Waals surface area (Å²) in [5, 5.41) is 0.712. The summed E-state index contributed by atoms with van der Waals surface area (Å²) in [6.45, 7) is 0.464. The average Bonchev–Trinajstić information content (AvgIpc) is 2.45. The van der Waals surface area contributed by atoms with E-state index in [9.17, 15) is 0 Å². The quantitative estimate of drug-likeness (QED) is 0.632. The van der Waals surface area contributed by atoms with E-state index in [2.05, 4.69) is 16.8 Å². The molecule has 19 heavy (non-hydrogen) atoms. The van der Waals surface area contributed by atoms with Crippen molar-refractivity contribution in [3.8, 4) is 17.6 Å². The molecule has 0 atom stereocenters. The Morgan fingerprint density at radius 1 is 1.16 bits per heavy atom. The molecule has 1 heterocycles. The highest BCUT2D eigenvalue weighted by Crippen LogP contribution is 2.14. The second kappa shape index (κ2) is 7.04. The standard InChI is InChI=1S/C15H11Cl2NO/c16-7-1-2-13-8-15(10-18-9-13)19-11-12-3-5-14(17)6-4-12/h3-6,8-10H,7,11H2. The third-order valence-electron chi connectivity index (χ3n) is 2.33. The molecule has 0 amide bonds. The molecule has 1 aromatic carbocycles. The molecule has 0 aliphatic rings. The van der Waals surface area contributed by atoms with E-state index in [4.69, 9.17) is 27.9 Å². The third-order valence-corrected chi connectivity index (χ3v) is 2.72. The van der Waals surface area contributed by atoms with E-state index in [-0.39, 0.29) is 0 Å². The van der Waals surface area contributed by atoms with Crippen molar-refractivity contribution in [3.05, 3.63) is 58.9 Å². The Bertz CT molecular complexity index is 600.